The molecule has 176 valence electrons. The molecule has 0 bridgehead atoms. The second-order valence-corrected chi connectivity index (χ2v) is 12.3. The molecule has 33 heavy (non-hydrogen) atoms. The fourth-order valence-electron chi connectivity index (χ4n) is 3.62. The van der Waals surface area contributed by atoms with Crippen LogP contribution in [0.2, 0.25) is 0 Å². The smallest absolute Gasteiger partial charge is 0.280 e. The largest absolute Gasteiger partial charge is 0.351 e. The number of sulfonamides is 1. The van der Waals surface area contributed by atoms with Crippen molar-refractivity contribution in [3.8, 4) is 0 Å². The van der Waals surface area contributed by atoms with Crippen molar-refractivity contribution in [3.05, 3.63) is 62.3 Å². The van der Waals surface area contributed by atoms with Crippen molar-refractivity contribution in [2.45, 2.75) is 33.7 Å². The van der Waals surface area contributed by atoms with E-state index in [0.717, 1.165) is 12.7 Å². The van der Waals surface area contributed by atoms with Gasteiger partial charge in [0, 0.05) is 23.7 Å². The van der Waals surface area contributed by atoms with Gasteiger partial charge in [-0.15, -0.1) is 0 Å². The van der Waals surface area contributed by atoms with Crippen LogP contribution in [0.15, 0.2) is 46.1 Å². The van der Waals surface area contributed by atoms with E-state index in [4.69, 9.17) is 0 Å². The fraction of sp³-hybridized carbons (Fsp3) is 0.333. The SMILES string of the molecule is CC(C)(C)CCn1c(=O)c(=C2Nc3ccc(NS(C)(=O)=O)cc3P(O)N2)c(=O)c2cccn21. The van der Waals surface area contributed by atoms with Crippen molar-refractivity contribution < 1.29 is 13.3 Å². The molecule has 4 N–H and O–H groups in total. The summed E-state index contributed by atoms with van der Waals surface area (Å²) in [7, 11) is -5.48. The van der Waals surface area contributed by atoms with E-state index in [0.29, 0.717) is 28.7 Å². The maximum atomic E-state index is 13.4. The van der Waals surface area contributed by atoms with Crippen LogP contribution in [0.3, 0.4) is 0 Å². The minimum absolute atomic E-state index is 0.0141. The summed E-state index contributed by atoms with van der Waals surface area (Å²) >= 11 is 0. The molecule has 10 nitrogen and oxygen atoms in total. The van der Waals surface area contributed by atoms with Crippen LogP contribution in [0.25, 0.3) is 11.3 Å². The van der Waals surface area contributed by atoms with E-state index in [2.05, 4.69) is 35.9 Å². The maximum Gasteiger partial charge on any atom is 0.280 e. The molecule has 3 heterocycles. The van der Waals surface area contributed by atoms with Crippen LogP contribution in [0.5, 0.6) is 0 Å². The second-order valence-electron chi connectivity index (χ2n) is 9.21. The number of nitrogens with one attached hydrogen (secondary N) is 3. The van der Waals surface area contributed by atoms with Gasteiger partial charge in [0.15, 0.2) is 8.30 Å². The van der Waals surface area contributed by atoms with Gasteiger partial charge in [-0.3, -0.25) is 18.8 Å². The first-order valence-corrected chi connectivity index (χ1v) is 13.5. The van der Waals surface area contributed by atoms with E-state index in [1.54, 1.807) is 28.9 Å². The van der Waals surface area contributed by atoms with Crippen molar-refractivity contribution >= 4 is 46.3 Å². The van der Waals surface area contributed by atoms with Crippen LogP contribution >= 0.6 is 8.30 Å². The van der Waals surface area contributed by atoms with Gasteiger partial charge >= 0.3 is 0 Å². The Morgan fingerprint density at radius 3 is 2.58 bits per heavy atom. The van der Waals surface area contributed by atoms with Crippen LogP contribution in [0, 0.1) is 5.41 Å². The third-order valence-electron chi connectivity index (χ3n) is 5.23. The molecule has 2 aromatic heterocycles. The van der Waals surface area contributed by atoms with Crippen LogP contribution in [-0.2, 0) is 16.6 Å². The molecule has 0 saturated heterocycles. The van der Waals surface area contributed by atoms with E-state index in [-0.39, 0.29) is 16.5 Å². The molecule has 0 radical (unpaired) electrons. The van der Waals surface area contributed by atoms with Gasteiger partial charge in [-0.05, 0) is 42.2 Å². The van der Waals surface area contributed by atoms with E-state index >= 15 is 0 Å². The van der Waals surface area contributed by atoms with Crippen LogP contribution in [0.1, 0.15) is 27.2 Å². The highest BCUT2D eigenvalue weighted by Gasteiger charge is 2.25. The molecule has 1 aromatic carbocycles. The molecule has 1 aliphatic rings. The zero-order valence-electron chi connectivity index (χ0n) is 18.7. The van der Waals surface area contributed by atoms with Crippen LogP contribution in [-0.4, -0.2) is 28.8 Å². The van der Waals surface area contributed by atoms with Gasteiger partial charge in [0.05, 0.1) is 11.9 Å². The molecule has 0 saturated carbocycles. The minimum Gasteiger partial charge on any atom is -0.351 e. The number of aryl methyl sites for hydroxylation is 1. The summed E-state index contributed by atoms with van der Waals surface area (Å²) in [5.41, 5.74) is 0.203. The monoisotopic (exact) mass is 491 g/mol. The normalized spacial score (nSPS) is 17.9. The molecule has 12 heteroatoms. The average molecular weight is 492 g/mol. The van der Waals surface area contributed by atoms with Gasteiger partial charge in [0.1, 0.15) is 16.6 Å². The summed E-state index contributed by atoms with van der Waals surface area (Å²) in [4.78, 5) is 37.4. The first-order chi connectivity index (χ1) is 15.3. The lowest BCUT2D eigenvalue weighted by molar-refractivity contribution is 0.331. The number of aromatic nitrogens is 2. The number of benzene rings is 1. The van der Waals surface area contributed by atoms with Crippen molar-refractivity contribution in [3.63, 3.8) is 0 Å². The molecule has 3 aromatic rings. The predicted octanol–water partition coefficient (Wildman–Crippen LogP) is 0.698. The fourth-order valence-corrected chi connectivity index (χ4v) is 5.30. The van der Waals surface area contributed by atoms with Gasteiger partial charge in [0.25, 0.3) is 5.56 Å². The first kappa shape index (κ1) is 23.3. The summed E-state index contributed by atoms with van der Waals surface area (Å²) < 4.78 is 28.5. The van der Waals surface area contributed by atoms with Crippen molar-refractivity contribution in [2.24, 2.45) is 5.41 Å². The minimum atomic E-state index is -3.48. The molecule has 0 fully saturated rings. The molecule has 0 amide bonds. The number of anilines is 2. The van der Waals surface area contributed by atoms with Gasteiger partial charge in [-0.1, -0.05) is 20.8 Å². The lowest BCUT2D eigenvalue weighted by Gasteiger charge is -2.27. The zero-order chi connectivity index (χ0) is 24.1. The van der Waals surface area contributed by atoms with E-state index in [9.17, 15) is 22.9 Å². The topological polar surface area (TPSA) is 134 Å². The highest BCUT2D eigenvalue weighted by molar-refractivity contribution is 7.92. The molecule has 1 unspecified atom stereocenters. The summed E-state index contributed by atoms with van der Waals surface area (Å²) in [6, 6.07) is 8.00. The third kappa shape index (κ3) is 4.75. The Morgan fingerprint density at radius 1 is 1.18 bits per heavy atom. The molecule has 4 rings (SSSR count). The van der Waals surface area contributed by atoms with Crippen molar-refractivity contribution in [1.29, 1.82) is 0 Å². The molecular weight excluding hydrogens is 465 g/mol. The number of hydrogen-bond donors (Lipinski definition) is 4. The van der Waals surface area contributed by atoms with Gasteiger partial charge in [-0.25, -0.2) is 13.1 Å². The molecule has 1 aliphatic heterocycles. The Morgan fingerprint density at radius 2 is 1.91 bits per heavy atom. The lowest BCUT2D eigenvalue weighted by atomic mass is 9.92. The maximum absolute atomic E-state index is 13.4. The third-order valence-corrected chi connectivity index (χ3v) is 7.09. The van der Waals surface area contributed by atoms with E-state index in [1.165, 1.54) is 16.8 Å². The Kier molecular flexibility index (Phi) is 5.76. The zero-order valence-corrected chi connectivity index (χ0v) is 20.4. The Hall–Kier alpha value is -2.88. The number of fused-ring (bicyclic) bond motifs is 2. The summed E-state index contributed by atoms with van der Waals surface area (Å²) in [5.74, 6) is 0.128. The van der Waals surface area contributed by atoms with Crippen LogP contribution < -0.4 is 36.6 Å². The van der Waals surface area contributed by atoms with Gasteiger partial charge < -0.3 is 15.3 Å². The molecule has 0 spiro atoms. The lowest BCUT2D eigenvalue weighted by Crippen LogP contribution is -2.52. The van der Waals surface area contributed by atoms with E-state index in [1.807, 2.05) is 0 Å². The number of hydrogen-bond acceptors (Lipinski definition) is 7. The second kappa shape index (κ2) is 8.16. The Labute approximate surface area is 191 Å². The molecule has 1 atom stereocenters. The van der Waals surface area contributed by atoms with Crippen molar-refractivity contribution in [1.82, 2.24) is 14.3 Å². The van der Waals surface area contributed by atoms with Gasteiger partial charge in [-0.2, -0.15) is 0 Å². The quantitative estimate of drug-likeness (QED) is 0.395. The summed E-state index contributed by atoms with van der Waals surface area (Å²) in [6.45, 7) is 6.65. The highest BCUT2D eigenvalue weighted by Crippen LogP contribution is 2.35. The van der Waals surface area contributed by atoms with Crippen molar-refractivity contribution in [2.75, 3.05) is 16.3 Å². The highest BCUT2D eigenvalue weighted by atomic mass is 32.2. The molecular formula is C21H26N5O5PS. The average Bonchev–Trinajstić information content (AvgIpc) is 3.16. The van der Waals surface area contributed by atoms with Gasteiger partial charge in [0.2, 0.25) is 15.5 Å². The number of nitrogens with zero attached hydrogens (tertiary/aromatic N) is 2. The predicted molar refractivity (Wildman–Crippen MR) is 131 cm³/mol. The first-order valence-electron chi connectivity index (χ1n) is 10.3. The Bertz CT molecular complexity index is 1520. The molecule has 0 aliphatic carbocycles. The number of rotatable bonds is 4. The van der Waals surface area contributed by atoms with Crippen LogP contribution in [0.4, 0.5) is 11.4 Å². The Balaban J connectivity index is 1.87. The van der Waals surface area contributed by atoms with E-state index < -0.39 is 29.3 Å². The summed E-state index contributed by atoms with van der Waals surface area (Å²) in [6.07, 6.45) is 3.44. The standard InChI is InChI=1S/C21H26N5O5PS/c1-21(2,3)9-11-26-20(28)17(18(27)15-6-5-10-25(15)26)19-22-14-8-7-13(24-33(4,30)31)12-16(14)32(29)23-19/h5-8,10,12,22-24,29H,9,11H2,1-4H3. The summed E-state index contributed by atoms with van der Waals surface area (Å²) in [5, 5.41) is 6.23.